The van der Waals surface area contributed by atoms with Crippen LogP contribution in [0, 0.1) is 5.92 Å². The van der Waals surface area contributed by atoms with Crippen molar-refractivity contribution in [2.75, 3.05) is 5.75 Å². The maximum Gasteiger partial charge on any atom is 0.178 e. The molecule has 1 aromatic rings. The number of carbonyl (C=O) groups is 1. The van der Waals surface area contributed by atoms with Crippen molar-refractivity contribution in [1.29, 1.82) is 0 Å². The summed E-state index contributed by atoms with van der Waals surface area (Å²) in [7, 11) is -3.17. The Bertz CT molecular complexity index is 523. The van der Waals surface area contributed by atoms with E-state index in [4.69, 9.17) is 0 Å². The summed E-state index contributed by atoms with van der Waals surface area (Å²) in [6, 6.07) is 6.37. The molecule has 0 bridgehead atoms. The summed E-state index contributed by atoms with van der Waals surface area (Å²) in [6.45, 7) is 1.62. The number of carbonyl (C=O) groups excluding carboxylic acids is 1. The maximum absolute atomic E-state index is 12.1. The Hall–Kier alpha value is -1.16. The third kappa shape index (κ3) is 2.64. The van der Waals surface area contributed by atoms with Crippen LogP contribution in [0.3, 0.4) is 0 Å². The Morgan fingerprint density at radius 3 is 2.22 bits per heavy atom. The van der Waals surface area contributed by atoms with Gasteiger partial charge in [-0.3, -0.25) is 4.79 Å². The first-order valence-corrected chi connectivity index (χ1v) is 8.07. The quantitative estimate of drug-likeness (QED) is 0.787. The van der Waals surface area contributed by atoms with Gasteiger partial charge < -0.3 is 0 Å². The zero-order valence-corrected chi connectivity index (χ0v) is 11.4. The fraction of sp³-hybridized carbons (Fsp3) is 0.500. The van der Waals surface area contributed by atoms with Crippen LogP contribution in [0.2, 0.25) is 0 Å². The van der Waals surface area contributed by atoms with Gasteiger partial charge in [-0.15, -0.1) is 0 Å². The zero-order chi connectivity index (χ0) is 13.2. The Morgan fingerprint density at radius 1 is 1.17 bits per heavy atom. The van der Waals surface area contributed by atoms with Crippen LogP contribution in [-0.2, 0) is 9.84 Å². The van der Waals surface area contributed by atoms with Gasteiger partial charge in [0, 0.05) is 11.5 Å². The van der Waals surface area contributed by atoms with E-state index in [1.54, 1.807) is 31.2 Å². The minimum Gasteiger partial charge on any atom is -0.294 e. The molecule has 0 heterocycles. The molecular formula is C14H18O3S. The zero-order valence-electron chi connectivity index (χ0n) is 10.6. The predicted octanol–water partition coefficient (Wildman–Crippen LogP) is 2.85. The van der Waals surface area contributed by atoms with Gasteiger partial charge in [0.1, 0.15) is 0 Å². The summed E-state index contributed by atoms with van der Waals surface area (Å²) in [6.07, 6.45) is 4.18. The van der Waals surface area contributed by atoms with Crippen molar-refractivity contribution in [3.8, 4) is 0 Å². The van der Waals surface area contributed by atoms with Gasteiger partial charge >= 0.3 is 0 Å². The molecule has 3 nitrogen and oxygen atoms in total. The Morgan fingerprint density at radius 2 is 1.72 bits per heavy atom. The highest BCUT2D eigenvalue weighted by Crippen LogP contribution is 2.28. The van der Waals surface area contributed by atoms with E-state index in [0.29, 0.717) is 10.5 Å². The summed E-state index contributed by atoms with van der Waals surface area (Å²) in [5.41, 5.74) is 0.636. The van der Waals surface area contributed by atoms with Crippen molar-refractivity contribution in [3.63, 3.8) is 0 Å². The molecule has 0 aromatic heterocycles. The second-order valence-electron chi connectivity index (χ2n) is 4.77. The molecule has 0 N–H and O–H groups in total. The van der Waals surface area contributed by atoms with Crippen LogP contribution in [0.4, 0.5) is 0 Å². The van der Waals surface area contributed by atoms with Crippen LogP contribution in [0.25, 0.3) is 0 Å². The minimum absolute atomic E-state index is 0.0862. The van der Waals surface area contributed by atoms with E-state index < -0.39 is 9.84 Å². The SMILES string of the molecule is CCS(=O)(=O)c1ccc(C(=O)C2CCCC2)cc1. The average molecular weight is 266 g/mol. The van der Waals surface area contributed by atoms with Gasteiger partial charge in [-0.1, -0.05) is 31.9 Å². The Labute approximate surface area is 108 Å². The smallest absolute Gasteiger partial charge is 0.178 e. The number of benzene rings is 1. The first-order chi connectivity index (χ1) is 8.54. The molecule has 1 aliphatic carbocycles. The lowest BCUT2D eigenvalue weighted by Crippen LogP contribution is -2.11. The monoisotopic (exact) mass is 266 g/mol. The summed E-state index contributed by atoms with van der Waals surface area (Å²) in [5.74, 6) is 0.384. The van der Waals surface area contributed by atoms with Crippen LogP contribution in [0.5, 0.6) is 0 Å². The van der Waals surface area contributed by atoms with Crippen molar-refractivity contribution in [2.24, 2.45) is 5.92 Å². The molecule has 0 saturated heterocycles. The van der Waals surface area contributed by atoms with Gasteiger partial charge in [-0.25, -0.2) is 8.42 Å². The van der Waals surface area contributed by atoms with E-state index >= 15 is 0 Å². The Kier molecular flexibility index (Phi) is 3.85. The van der Waals surface area contributed by atoms with E-state index in [0.717, 1.165) is 25.7 Å². The maximum atomic E-state index is 12.1. The molecule has 1 aromatic carbocycles. The van der Waals surface area contributed by atoms with E-state index in [9.17, 15) is 13.2 Å². The van der Waals surface area contributed by atoms with E-state index in [-0.39, 0.29) is 17.5 Å². The van der Waals surface area contributed by atoms with E-state index in [1.807, 2.05) is 0 Å². The molecule has 0 unspecified atom stereocenters. The largest absolute Gasteiger partial charge is 0.294 e. The predicted molar refractivity (Wildman–Crippen MR) is 70.5 cm³/mol. The van der Waals surface area contributed by atoms with Crippen LogP contribution in [-0.4, -0.2) is 20.0 Å². The molecule has 0 aliphatic heterocycles. The van der Waals surface area contributed by atoms with Crippen LogP contribution in [0.15, 0.2) is 29.2 Å². The van der Waals surface area contributed by atoms with Gasteiger partial charge in [-0.2, -0.15) is 0 Å². The van der Waals surface area contributed by atoms with Crippen molar-refractivity contribution >= 4 is 15.6 Å². The first kappa shape index (κ1) is 13.3. The molecule has 18 heavy (non-hydrogen) atoms. The molecular weight excluding hydrogens is 248 g/mol. The normalized spacial score (nSPS) is 16.9. The molecule has 4 heteroatoms. The standard InChI is InChI=1S/C14H18O3S/c1-2-18(16,17)13-9-7-12(8-10-13)14(15)11-5-3-4-6-11/h7-11H,2-6H2,1H3. The molecule has 0 spiro atoms. The highest BCUT2D eigenvalue weighted by molar-refractivity contribution is 7.91. The molecule has 0 amide bonds. The summed E-state index contributed by atoms with van der Waals surface area (Å²) in [5, 5.41) is 0. The highest BCUT2D eigenvalue weighted by Gasteiger charge is 2.24. The van der Waals surface area contributed by atoms with Crippen LogP contribution < -0.4 is 0 Å². The molecule has 0 atom stereocenters. The highest BCUT2D eigenvalue weighted by atomic mass is 32.2. The fourth-order valence-corrected chi connectivity index (χ4v) is 3.30. The Balaban J connectivity index is 2.20. The van der Waals surface area contributed by atoms with Crippen molar-refractivity contribution in [1.82, 2.24) is 0 Å². The number of sulfone groups is 1. The topological polar surface area (TPSA) is 51.2 Å². The molecule has 1 aliphatic rings. The number of Topliss-reactive ketones (excluding diaryl/α,β-unsaturated/α-hetero) is 1. The molecule has 1 saturated carbocycles. The van der Waals surface area contributed by atoms with Crippen LogP contribution >= 0.6 is 0 Å². The average Bonchev–Trinajstić information content (AvgIpc) is 2.92. The van der Waals surface area contributed by atoms with Crippen molar-refractivity contribution in [2.45, 2.75) is 37.5 Å². The fourth-order valence-electron chi connectivity index (χ4n) is 2.42. The number of hydrogen-bond donors (Lipinski definition) is 0. The second kappa shape index (κ2) is 5.22. The van der Waals surface area contributed by atoms with E-state index in [2.05, 4.69) is 0 Å². The van der Waals surface area contributed by atoms with Gasteiger partial charge in [-0.05, 0) is 25.0 Å². The lowest BCUT2D eigenvalue weighted by molar-refractivity contribution is 0.0923. The lowest BCUT2D eigenvalue weighted by atomic mass is 9.96. The van der Waals surface area contributed by atoms with Gasteiger partial charge in [0.25, 0.3) is 0 Å². The number of rotatable bonds is 4. The van der Waals surface area contributed by atoms with Gasteiger partial charge in [0.05, 0.1) is 10.6 Å². The summed E-state index contributed by atoms with van der Waals surface area (Å²) < 4.78 is 23.3. The summed E-state index contributed by atoms with van der Waals surface area (Å²) >= 11 is 0. The van der Waals surface area contributed by atoms with Crippen molar-refractivity contribution < 1.29 is 13.2 Å². The molecule has 98 valence electrons. The number of hydrogen-bond acceptors (Lipinski definition) is 3. The minimum atomic E-state index is -3.17. The third-order valence-corrected chi connectivity index (χ3v) is 5.35. The molecule has 0 radical (unpaired) electrons. The molecule has 2 rings (SSSR count). The third-order valence-electron chi connectivity index (χ3n) is 3.60. The summed E-state index contributed by atoms with van der Waals surface area (Å²) in [4.78, 5) is 12.4. The number of ketones is 1. The van der Waals surface area contributed by atoms with Crippen molar-refractivity contribution in [3.05, 3.63) is 29.8 Å². The van der Waals surface area contributed by atoms with Gasteiger partial charge in [0.15, 0.2) is 15.6 Å². The molecule has 1 fully saturated rings. The second-order valence-corrected chi connectivity index (χ2v) is 7.05. The lowest BCUT2D eigenvalue weighted by Gasteiger charge is -2.08. The van der Waals surface area contributed by atoms with Gasteiger partial charge in [0.2, 0.25) is 0 Å². The first-order valence-electron chi connectivity index (χ1n) is 6.41. The van der Waals surface area contributed by atoms with E-state index in [1.165, 1.54) is 0 Å². The van der Waals surface area contributed by atoms with Crippen LogP contribution in [0.1, 0.15) is 43.0 Å².